The van der Waals surface area contributed by atoms with Gasteiger partial charge >= 0.3 is 0 Å². The number of nitrogens with one attached hydrogen (secondary N) is 3. The van der Waals surface area contributed by atoms with Gasteiger partial charge in [-0.3, -0.25) is 9.59 Å². The van der Waals surface area contributed by atoms with Gasteiger partial charge in [-0.15, -0.1) is 24.8 Å². The Morgan fingerprint density at radius 2 is 1.75 bits per heavy atom. The predicted molar refractivity (Wildman–Crippen MR) is 119 cm³/mol. The zero-order valence-electron chi connectivity index (χ0n) is 16.6. The number of carbonyl (C=O) groups excluding carboxylic acids is 2. The van der Waals surface area contributed by atoms with Crippen LogP contribution >= 0.6 is 24.8 Å². The van der Waals surface area contributed by atoms with Crippen LogP contribution in [0, 0.1) is 11.3 Å². The highest BCUT2D eigenvalue weighted by atomic mass is 35.5. The molecule has 28 heavy (non-hydrogen) atoms. The molecule has 1 aliphatic carbocycles. The van der Waals surface area contributed by atoms with Crippen molar-refractivity contribution in [3.8, 4) is 0 Å². The Morgan fingerprint density at radius 1 is 1.11 bits per heavy atom. The van der Waals surface area contributed by atoms with Crippen molar-refractivity contribution in [3.05, 3.63) is 24.3 Å². The van der Waals surface area contributed by atoms with Gasteiger partial charge in [0.05, 0.1) is 5.41 Å². The summed E-state index contributed by atoms with van der Waals surface area (Å²) in [4.78, 5) is 26.8. The molecule has 1 aliphatic heterocycles. The molecule has 1 aromatic carbocycles. The summed E-state index contributed by atoms with van der Waals surface area (Å²) in [5.41, 5.74) is 1.28. The Morgan fingerprint density at radius 3 is 2.39 bits per heavy atom. The number of halogens is 2. The SMILES string of the molecule is CN(C)CCC(=O)Nc1ccc(NC(=O)[C@@]23CCCC[C@H]2CNC3)cc1.Cl.Cl. The van der Waals surface area contributed by atoms with Crippen molar-refractivity contribution in [2.24, 2.45) is 11.3 Å². The first-order valence-corrected chi connectivity index (χ1v) is 9.56. The summed E-state index contributed by atoms with van der Waals surface area (Å²) in [7, 11) is 3.89. The van der Waals surface area contributed by atoms with Gasteiger partial charge in [-0.05, 0) is 63.7 Å². The quantitative estimate of drug-likeness (QED) is 0.647. The predicted octanol–water partition coefficient (Wildman–Crippen LogP) is 3.14. The minimum atomic E-state index is -0.253. The number of anilines is 2. The molecule has 6 nitrogen and oxygen atoms in total. The lowest BCUT2D eigenvalue weighted by atomic mass is 9.67. The lowest BCUT2D eigenvalue weighted by molar-refractivity contribution is -0.128. The Kier molecular flexibility index (Phi) is 9.70. The smallest absolute Gasteiger partial charge is 0.232 e. The van der Waals surface area contributed by atoms with Gasteiger partial charge in [0.25, 0.3) is 0 Å². The molecule has 0 radical (unpaired) electrons. The third kappa shape index (κ3) is 5.83. The molecule has 0 aromatic heterocycles. The average Bonchev–Trinajstić information content (AvgIpc) is 3.07. The second-order valence-electron chi connectivity index (χ2n) is 7.86. The van der Waals surface area contributed by atoms with Crippen LogP contribution in [0.1, 0.15) is 32.1 Å². The number of amides is 2. The van der Waals surface area contributed by atoms with E-state index >= 15 is 0 Å². The molecule has 1 aromatic rings. The average molecular weight is 431 g/mol. The van der Waals surface area contributed by atoms with Crippen LogP contribution in [0.15, 0.2) is 24.3 Å². The van der Waals surface area contributed by atoms with Crippen molar-refractivity contribution >= 4 is 48.0 Å². The molecule has 1 saturated carbocycles. The van der Waals surface area contributed by atoms with Crippen LogP contribution in [0.2, 0.25) is 0 Å². The lowest BCUT2D eigenvalue weighted by Gasteiger charge is -2.37. The lowest BCUT2D eigenvalue weighted by Crippen LogP contribution is -2.44. The van der Waals surface area contributed by atoms with Gasteiger partial charge in [-0.2, -0.15) is 0 Å². The highest BCUT2D eigenvalue weighted by Gasteiger charge is 2.49. The number of hydrogen-bond acceptors (Lipinski definition) is 4. The molecule has 1 heterocycles. The monoisotopic (exact) mass is 430 g/mol. The number of hydrogen-bond donors (Lipinski definition) is 3. The van der Waals surface area contributed by atoms with E-state index in [2.05, 4.69) is 16.0 Å². The maximum Gasteiger partial charge on any atom is 0.232 e. The van der Waals surface area contributed by atoms with Crippen LogP contribution in [-0.2, 0) is 9.59 Å². The Balaban J connectivity index is 0.00000196. The molecule has 2 fully saturated rings. The first kappa shape index (κ1) is 24.7. The van der Waals surface area contributed by atoms with Crippen LogP contribution in [-0.4, -0.2) is 50.4 Å². The zero-order valence-corrected chi connectivity index (χ0v) is 18.3. The molecular formula is C20H32Cl2N4O2. The third-order valence-corrected chi connectivity index (χ3v) is 5.70. The molecule has 2 amide bonds. The second kappa shape index (κ2) is 11.0. The standard InChI is InChI=1S/C20H30N4O2.2ClH/c1-24(2)12-10-18(25)22-16-6-8-17(9-7-16)23-19(26)20-11-4-3-5-15(20)13-21-14-20;;/h6-9,15,21H,3-5,10-14H2,1-2H3,(H,22,25)(H,23,26);2*1H/t15-,20+;;/m0../s1. The molecule has 0 spiro atoms. The van der Waals surface area contributed by atoms with Crippen LogP contribution in [0.3, 0.4) is 0 Å². The first-order chi connectivity index (χ1) is 12.5. The van der Waals surface area contributed by atoms with Gasteiger partial charge < -0.3 is 20.9 Å². The van der Waals surface area contributed by atoms with Crippen molar-refractivity contribution < 1.29 is 9.59 Å². The number of fused-ring (bicyclic) bond motifs is 1. The van der Waals surface area contributed by atoms with E-state index in [0.29, 0.717) is 12.3 Å². The summed E-state index contributed by atoms with van der Waals surface area (Å²) in [5.74, 6) is 0.581. The summed E-state index contributed by atoms with van der Waals surface area (Å²) in [6.45, 7) is 2.45. The summed E-state index contributed by atoms with van der Waals surface area (Å²) < 4.78 is 0. The van der Waals surface area contributed by atoms with Gasteiger partial charge in [0.1, 0.15) is 0 Å². The molecular weight excluding hydrogens is 399 g/mol. The molecule has 2 atom stereocenters. The van der Waals surface area contributed by atoms with Crippen LogP contribution in [0.25, 0.3) is 0 Å². The van der Waals surface area contributed by atoms with Crippen molar-refractivity contribution in [3.63, 3.8) is 0 Å². The van der Waals surface area contributed by atoms with E-state index in [4.69, 9.17) is 0 Å². The van der Waals surface area contributed by atoms with Gasteiger partial charge in [0.15, 0.2) is 0 Å². The molecule has 0 bridgehead atoms. The van der Waals surface area contributed by atoms with E-state index in [1.807, 2.05) is 43.3 Å². The zero-order chi connectivity index (χ0) is 18.6. The Hall–Kier alpha value is -1.34. The summed E-state index contributed by atoms with van der Waals surface area (Å²) in [6.07, 6.45) is 4.92. The largest absolute Gasteiger partial charge is 0.326 e. The van der Waals surface area contributed by atoms with E-state index < -0.39 is 0 Å². The fraction of sp³-hybridized carbons (Fsp3) is 0.600. The number of carbonyl (C=O) groups is 2. The van der Waals surface area contributed by atoms with Crippen LogP contribution in [0.5, 0.6) is 0 Å². The van der Waals surface area contributed by atoms with E-state index in [9.17, 15) is 9.59 Å². The van der Waals surface area contributed by atoms with Gasteiger partial charge in [-0.1, -0.05) is 12.8 Å². The first-order valence-electron chi connectivity index (χ1n) is 9.56. The summed E-state index contributed by atoms with van der Waals surface area (Å²) >= 11 is 0. The molecule has 2 aliphatic rings. The van der Waals surface area contributed by atoms with Gasteiger partial charge in [0, 0.05) is 30.9 Å². The molecule has 0 unspecified atom stereocenters. The van der Waals surface area contributed by atoms with E-state index in [1.54, 1.807) is 0 Å². The van der Waals surface area contributed by atoms with E-state index in [-0.39, 0.29) is 42.0 Å². The molecule has 3 N–H and O–H groups in total. The van der Waals surface area contributed by atoms with E-state index in [1.165, 1.54) is 6.42 Å². The molecule has 158 valence electrons. The Labute approximate surface area is 180 Å². The number of nitrogens with zero attached hydrogens (tertiary/aromatic N) is 1. The summed E-state index contributed by atoms with van der Waals surface area (Å²) in [5, 5.41) is 9.40. The van der Waals surface area contributed by atoms with Crippen LogP contribution in [0.4, 0.5) is 11.4 Å². The fourth-order valence-corrected chi connectivity index (χ4v) is 4.13. The highest BCUT2D eigenvalue weighted by molar-refractivity contribution is 5.96. The van der Waals surface area contributed by atoms with E-state index in [0.717, 1.165) is 50.3 Å². The maximum absolute atomic E-state index is 13.0. The summed E-state index contributed by atoms with van der Waals surface area (Å²) in [6, 6.07) is 7.39. The van der Waals surface area contributed by atoms with Crippen molar-refractivity contribution in [1.82, 2.24) is 10.2 Å². The fourth-order valence-electron chi connectivity index (χ4n) is 4.13. The van der Waals surface area contributed by atoms with Crippen molar-refractivity contribution in [2.75, 3.05) is 44.4 Å². The van der Waals surface area contributed by atoms with Crippen LogP contribution < -0.4 is 16.0 Å². The van der Waals surface area contributed by atoms with Gasteiger partial charge in [0.2, 0.25) is 11.8 Å². The van der Waals surface area contributed by atoms with Crippen molar-refractivity contribution in [1.29, 1.82) is 0 Å². The van der Waals surface area contributed by atoms with Gasteiger partial charge in [-0.25, -0.2) is 0 Å². The second-order valence-corrected chi connectivity index (χ2v) is 7.86. The minimum absolute atomic E-state index is 0. The normalized spacial score (nSPS) is 23.2. The third-order valence-electron chi connectivity index (χ3n) is 5.70. The maximum atomic E-state index is 13.0. The molecule has 1 saturated heterocycles. The molecule has 8 heteroatoms. The van der Waals surface area contributed by atoms with Crippen molar-refractivity contribution in [2.45, 2.75) is 32.1 Å². The highest BCUT2D eigenvalue weighted by Crippen LogP contribution is 2.44. The number of rotatable bonds is 6. The Bertz CT molecular complexity index is 654. The molecule has 3 rings (SSSR count). The number of benzene rings is 1. The topological polar surface area (TPSA) is 73.5 Å². The minimum Gasteiger partial charge on any atom is -0.326 e.